The van der Waals surface area contributed by atoms with Crippen LogP contribution in [0.4, 0.5) is 0 Å². The van der Waals surface area contributed by atoms with E-state index in [-0.39, 0.29) is 30.8 Å². The first-order valence-corrected chi connectivity index (χ1v) is 19.1. The van der Waals surface area contributed by atoms with E-state index >= 15 is 0 Å². The van der Waals surface area contributed by atoms with Gasteiger partial charge < -0.3 is 16.6 Å². The highest BCUT2D eigenvalue weighted by Gasteiger charge is 2.51. The maximum absolute atomic E-state index is 13.6. The zero-order chi connectivity index (χ0) is 32.7. The number of carboxylic acids is 1. The molecule has 0 aromatic carbocycles. The van der Waals surface area contributed by atoms with Crippen molar-refractivity contribution >= 4 is 17.5 Å². The highest BCUT2D eigenvalue weighted by atomic mass is 16.4. The smallest absolute Gasteiger partial charge is 0.321 e. The van der Waals surface area contributed by atoms with E-state index in [0.29, 0.717) is 25.8 Å². The number of unbranched alkanes of at least 4 members (excludes halogenated alkanes) is 24. The van der Waals surface area contributed by atoms with Gasteiger partial charge in [-0.1, -0.05) is 168 Å². The summed E-state index contributed by atoms with van der Waals surface area (Å²) in [5.41, 5.74) is 10.2. The highest BCUT2D eigenvalue weighted by molar-refractivity contribution is 6.10. The Morgan fingerprint density at radius 1 is 0.500 bits per heavy atom. The number of aliphatic carboxylic acids is 1. The summed E-state index contributed by atoms with van der Waals surface area (Å²) in [6, 6.07) is -1.52. The molecule has 0 aliphatic rings. The Labute approximate surface area is 272 Å². The highest BCUT2D eigenvalue weighted by Crippen LogP contribution is 2.34. The van der Waals surface area contributed by atoms with E-state index in [4.69, 9.17) is 11.5 Å². The van der Waals surface area contributed by atoms with Crippen molar-refractivity contribution in [2.24, 2.45) is 16.9 Å². The van der Waals surface area contributed by atoms with Crippen molar-refractivity contribution in [3.8, 4) is 0 Å². The molecule has 0 bridgehead atoms. The number of Topliss-reactive ketones (excluding diaryl/α,β-unsaturated/α-hetero) is 2. The van der Waals surface area contributed by atoms with Crippen LogP contribution in [0.15, 0.2) is 0 Å². The van der Waals surface area contributed by atoms with Crippen LogP contribution in [0.2, 0.25) is 0 Å². The molecule has 0 radical (unpaired) electrons. The molecule has 0 fully saturated rings. The van der Waals surface area contributed by atoms with E-state index < -0.39 is 17.4 Å². The number of rotatable bonds is 35. The van der Waals surface area contributed by atoms with Gasteiger partial charge in [0.05, 0.1) is 0 Å². The summed E-state index contributed by atoms with van der Waals surface area (Å²) in [6.45, 7) is 4.80. The standard InChI is InChI=1S/C38H74N2O4/c1-3-5-7-9-11-13-15-17-19-21-23-25-27-30-34(41)38(32-29-33-39,36(40)37(43)44)35(42)31-28-26-24-22-20-18-16-14-12-10-8-6-4-2/h36H,3-33,39-40H2,1-2H3,(H,43,44). The Morgan fingerprint density at radius 3 is 1.02 bits per heavy atom. The maximum Gasteiger partial charge on any atom is 0.321 e. The molecule has 0 aromatic heterocycles. The van der Waals surface area contributed by atoms with Crippen molar-refractivity contribution < 1.29 is 19.5 Å². The lowest BCUT2D eigenvalue weighted by molar-refractivity contribution is -0.154. The van der Waals surface area contributed by atoms with Crippen LogP contribution in [0.25, 0.3) is 0 Å². The third-order valence-electron chi connectivity index (χ3n) is 9.58. The monoisotopic (exact) mass is 623 g/mol. The Balaban J connectivity index is 4.52. The zero-order valence-electron chi connectivity index (χ0n) is 29.3. The van der Waals surface area contributed by atoms with Crippen LogP contribution in [0.3, 0.4) is 0 Å². The number of carboxylic acid groups (broad SMARTS) is 1. The second-order valence-corrected chi connectivity index (χ2v) is 13.5. The lowest BCUT2D eigenvalue weighted by atomic mass is 9.67. The fraction of sp³-hybridized carbons (Fsp3) is 0.921. The van der Waals surface area contributed by atoms with Gasteiger partial charge in [0.25, 0.3) is 0 Å². The largest absolute Gasteiger partial charge is 0.480 e. The second kappa shape index (κ2) is 30.4. The van der Waals surface area contributed by atoms with E-state index in [1.165, 1.54) is 116 Å². The second-order valence-electron chi connectivity index (χ2n) is 13.5. The van der Waals surface area contributed by atoms with E-state index in [1.807, 2.05) is 0 Å². The van der Waals surface area contributed by atoms with Crippen LogP contribution in [-0.2, 0) is 14.4 Å². The molecule has 0 amide bonds. The summed E-state index contributed by atoms with van der Waals surface area (Å²) in [7, 11) is 0. The SMILES string of the molecule is CCCCCCCCCCCCCCCC(=O)C(CCCN)(C(=O)CCCCCCCCCCCCCCC)C(N)C(=O)O. The maximum atomic E-state index is 13.6. The molecule has 0 aliphatic heterocycles. The molecular weight excluding hydrogens is 548 g/mol. The van der Waals surface area contributed by atoms with Gasteiger partial charge in [-0.15, -0.1) is 0 Å². The molecule has 44 heavy (non-hydrogen) atoms. The fourth-order valence-electron chi connectivity index (χ4n) is 6.58. The van der Waals surface area contributed by atoms with Gasteiger partial charge in [-0.25, -0.2) is 0 Å². The number of nitrogens with two attached hydrogens (primary N) is 2. The number of carbonyl (C=O) groups is 3. The van der Waals surface area contributed by atoms with E-state index in [2.05, 4.69) is 13.8 Å². The molecule has 0 aromatic rings. The Bertz CT molecular complexity index is 654. The molecule has 1 atom stereocenters. The molecule has 0 heterocycles. The van der Waals surface area contributed by atoms with Crippen molar-refractivity contribution in [3.05, 3.63) is 0 Å². The fourth-order valence-corrected chi connectivity index (χ4v) is 6.58. The molecule has 0 spiro atoms. The number of ketones is 2. The first-order chi connectivity index (χ1) is 21.4. The van der Waals surface area contributed by atoms with Crippen molar-refractivity contribution in [2.75, 3.05) is 6.54 Å². The van der Waals surface area contributed by atoms with Gasteiger partial charge in [-0.05, 0) is 32.2 Å². The molecule has 1 unspecified atom stereocenters. The molecule has 5 N–H and O–H groups in total. The average Bonchev–Trinajstić information content (AvgIpc) is 3.01. The first-order valence-electron chi connectivity index (χ1n) is 19.1. The Kier molecular flexibility index (Phi) is 29.5. The summed E-state index contributed by atoms with van der Waals surface area (Å²) in [5, 5.41) is 9.82. The zero-order valence-corrected chi connectivity index (χ0v) is 29.3. The third-order valence-corrected chi connectivity index (χ3v) is 9.58. The minimum atomic E-state index is -1.65. The Morgan fingerprint density at radius 2 is 0.773 bits per heavy atom. The molecule has 0 saturated carbocycles. The van der Waals surface area contributed by atoms with Gasteiger partial charge in [-0.2, -0.15) is 0 Å². The van der Waals surface area contributed by atoms with Crippen LogP contribution in [0.1, 0.15) is 206 Å². The minimum absolute atomic E-state index is 0.130. The van der Waals surface area contributed by atoms with Gasteiger partial charge in [-0.3, -0.25) is 14.4 Å². The first kappa shape index (κ1) is 42.7. The molecular formula is C38H74N2O4. The van der Waals surface area contributed by atoms with Crippen molar-refractivity contribution in [2.45, 2.75) is 213 Å². The lowest BCUT2D eigenvalue weighted by Crippen LogP contribution is -2.57. The number of hydrogen-bond donors (Lipinski definition) is 3. The van der Waals surface area contributed by atoms with Crippen LogP contribution in [0, 0.1) is 5.41 Å². The van der Waals surface area contributed by atoms with E-state index in [0.717, 1.165) is 38.5 Å². The van der Waals surface area contributed by atoms with Crippen molar-refractivity contribution in [3.63, 3.8) is 0 Å². The Hall–Kier alpha value is -1.27. The van der Waals surface area contributed by atoms with Crippen LogP contribution in [0.5, 0.6) is 0 Å². The molecule has 260 valence electrons. The lowest BCUT2D eigenvalue weighted by Gasteiger charge is -2.34. The summed E-state index contributed by atoms with van der Waals surface area (Å²) < 4.78 is 0. The van der Waals surface area contributed by atoms with Gasteiger partial charge >= 0.3 is 5.97 Å². The number of hydrogen-bond acceptors (Lipinski definition) is 5. The van der Waals surface area contributed by atoms with Gasteiger partial charge in [0.15, 0.2) is 0 Å². The number of carbonyl (C=O) groups excluding carboxylic acids is 2. The molecule has 0 aliphatic carbocycles. The van der Waals surface area contributed by atoms with Crippen LogP contribution < -0.4 is 11.5 Å². The average molecular weight is 623 g/mol. The summed E-state index contributed by atoms with van der Waals surface area (Å²) in [4.78, 5) is 39.2. The van der Waals surface area contributed by atoms with Crippen LogP contribution in [-0.4, -0.2) is 35.2 Å². The normalized spacial score (nSPS) is 12.5. The van der Waals surface area contributed by atoms with E-state index in [1.54, 1.807) is 0 Å². The summed E-state index contributed by atoms with van der Waals surface area (Å²) >= 11 is 0. The van der Waals surface area contributed by atoms with E-state index in [9.17, 15) is 19.5 Å². The molecule has 0 saturated heterocycles. The summed E-state index contributed by atoms with van der Waals surface area (Å²) in [6.07, 6.45) is 32.4. The van der Waals surface area contributed by atoms with Crippen molar-refractivity contribution in [1.82, 2.24) is 0 Å². The third kappa shape index (κ3) is 20.7. The predicted molar refractivity (Wildman–Crippen MR) is 187 cm³/mol. The van der Waals surface area contributed by atoms with Crippen molar-refractivity contribution in [1.29, 1.82) is 0 Å². The quantitative estimate of drug-likeness (QED) is 0.0477. The molecule has 6 heteroatoms. The topological polar surface area (TPSA) is 123 Å². The van der Waals surface area contributed by atoms with Crippen LogP contribution >= 0.6 is 0 Å². The predicted octanol–water partition coefficient (Wildman–Crippen LogP) is 10.2. The summed E-state index contributed by atoms with van der Waals surface area (Å²) in [5.74, 6) is -1.85. The minimum Gasteiger partial charge on any atom is -0.480 e. The van der Waals surface area contributed by atoms with Gasteiger partial charge in [0, 0.05) is 12.8 Å². The van der Waals surface area contributed by atoms with Gasteiger partial charge in [0.1, 0.15) is 23.0 Å². The molecule has 6 nitrogen and oxygen atoms in total. The molecule has 0 rings (SSSR count). The van der Waals surface area contributed by atoms with Gasteiger partial charge in [0.2, 0.25) is 0 Å².